The second-order valence-corrected chi connectivity index (χ2v) is 7.22. The molecule has 5 nitrogen and oxygen atoms in total. The standard InChI is InChI=1S/C16H25N3O2S/c1-16(2,13-6-4-10-22-13)15(21)19-9-3-5-12(11-19)14(20)18-8-7-17/h4,6,10,12H,3,5,7-9,11,17H2,1-2H3,(H,18,20). The van der Waals surface area contributed by atoms with Crippen molar-refractivity contribution < 1.29 is 9.59 Å². The second kappa shape index (κ2) is 7.24. The van der Waals surface area contributed by atoms with Gasteiger partial charge in [-0.25, -0.2) is 0 Å². The van der Waals surface area contributed by atoms with Crippen molar-refractivity contribution in [1.82, 2.24) is 10.2 Å². The first-order chi connectivity index (χ1) is 10.5. The first-order valence-corrected chi connectivity index (χ1v) is 8.66. The summed E-state index contributed by atoms with van der Waals surface area (Å²) in [6, 6.07) is 3.96. The van der Waals surface area contributed by atoms with Crippen molar-refractivity contribution in [3.63, 3.8) is 0 Å². The number of nitrogens with zero attached hydrogens (tertiary/aromatic N) is 1. The van der Waals surface area contributed by atoms with Gasteiger partial charge in [-0.1, -0.05) is 6.07 Å². The van der Waals surface area contributed by atoms with Crippen molar-refractivity contribution in [3.8, 4) is 0 Å². The minimum Gasteiger partial charge on any atom is -0.355 e. The topological polar surface area (TPSA) is 75.4 Å². The van der Waals surface area contributed by atoms with Gasteiger partial charge in [0, 0.05) is 31.1 Å². The molecule has 1 unspecified atom stereocenters. The Kier molecular flexibility index (Phi) is 5.58. The molecule has 1 aliphatic heterocycles. The van der Waals surface area contributed by atoms with Gasteiger partial charge >= 0.3 is 0 Å². The largest absolute Gasteiger partial charge is 0.355 e. The molecule has 2 amide bonds. The van der Waals surface area contributed by atoms with Gasteiger partial charge in [-0.2, -0.15) is 0 Å². The Morgan fingerprint density at radius 3 is 2.91 bits per heavy atom. The van der Waals surface area contributed by atoms with Crippen molar-refractivity contribution in [1.29, 1.82) is 0 Å². The molecule has 2 rings (SSSR count). The Bertz CT molecular complexity index is 513. The van der Waals surface area contributed by atoms with Gasteiger partial charge in [0.1, 0.15) is 0 Å². The maximum atomic E-state index is 12.9. The minimum atomic E-state index is -0.538. The summed E-state index contributed by atoms with van der Waals surface area (Å²) in [6.45, 7) is 6.08. The van der Waals surface area contributed by atoms with Crippen molar-refractivity contribution in [2.45, 2.75) is 32.1 Å². The fourth-order valence-corrected chi connectivity index (χ4v) is 3.69. The highest BCUT2D eigenvalue weighted by atomic mass is 32.1. The van der Waals surface area contributed by atoms with E-state index in [4.69, 9.17) is 5.73 Å². The molecule has 1 fully saturated rings. The minimum absolute atomic E-state index is 0.0110. The first kappa shape index (κ1) is 17.0. The average Bonchev–Trinajstić information content (AvgIpc) is 3.07. The van der Waals surface area contributed by atoms with E-state index in [2.05, 4.69) is 5.32 Å². The number of carbonyl (C=O) groups excluding carboxylic acids is 2. The number of hydrogen-bond acceptors (Lipinski definition) is 4. The van der Waals surface area contributed by atoms with E-state index in [0.29, 0.717) is 19.6 Å². The number of piperidine rings is 1. The molecule has 0 spiro atoms. The molecule has 6 heteroatoms. The number of hydrogen-bond donors (Lipinski definition) is 2. The molecule has 0 radical (unpaired) electrons. The van der Waals surface area contributed by atoms with Crippen LogP contribution < -0.4 is 11.1 Å². The number of carbonyl (C=O) groups is 2. The average molecular weight is 323 g/mol. The van der Waals surface area contributed by atoms with Crippen molar-refractivity contribution in [2.24, 2.45) is 11.7 Å². The van der Waals surface area contributed by atoms with Crippen molar-refractivity contribution in [2.75, 3.05) is 26.2 Å². The molecule has 3 N–H and O–H groups in total. The third-order valence-corrected chi connectivity index (χ3v) is 5.39. The summed E-state index contributed by atoms with van der Waals surface area (Å²) in [6.07, 6.45) is 1.70. The van der Waals surface area contributed by atoms with E-state index in [1.807, 2.05) is 36.3 Å². The third-order valence-electron chi connectivity index (χ3n) is 4.19. The summed E-state index contributed by atoms with van der Waals surface area (Å²) in [5.41, 5.74) is 4.88. The molecule has 2 heterocycles. The zero-order chi connectivity index (χ0) is 16.2. The van der Waals surface area contributed by atoms with E-state index in [9.17, 15) is 9.59 Å². The number of amides is 2. The molecule has 1 atom stereocenters. The van der Waals surface area contributed by atoms with E-state index in [0.717, 1.165) is 24.3 Å². The van der Waals surface area contributed by atoms with Gasteiger partial charge in [0.05, 0.1) is 11.3 Å². The lowest BCUT2D eigenvalue weighted by molar-refractivity contribution is -0.139. The Morgan fingerprint density at radius 2 is 2.27 bits per heavy atom. The summed E-state index contributed by atoms with van der Waals surface area (Å²) >= 11 is 1.60. The summed E-state index contributed by atoms with van der Waals surface area (Å²) in [5, 5.41) is 4.82. The van der Waals surface area contributed by atoms with Crippen LogP contribution in [0.25, 0.3) is 0 Å². The van der Waals surface area contributed by atoms with Crippen LogP contribution in [0.5, 0.6) is 0 Å². The third kappa shape index (κ3) is 3.67. The van der Waals surface area contributed by atoms with Gasteiger partial charge in [-0.15, -0.1) is 11.3 Å². The molecule has 0 bridgehead atoms. The Morgan fingerprint density at radius 1 is 1.50 bits per heavy atom. The van der Waals surface area contributed by atoms with Crippen LogP contribution >= 0.6 is 11.3 Å². The summed E-state index contributed by atoms with van der Waals surface area (Å²) in [5.74, 6) is -0.00783. The number of nitrogens with two attached hydrogens (primary N) is 1. The number of nitrogens with one attached hydrogen (secondary N) is 1. The zero-order valence-corrected chi connectivity index (χ0v) is 14.1. The highest BCUT2D eigenvalue weighted by molar-refractivity contribution is 7.10. The molecular weight excluding hydrogens is 298 g/mol. The van der Waals surface area contributed by atoms with E-state index >= 15 is 0 Å². The molecule has 122 valence electrons. The SMILES string of the molecule is CC(C)(C(=O)N1CCCC(C(=O)NCCN)C1)c1cccs1. The highest BCUT2D eigenvalue weighted by Gasteiger charge is 2.37. The lowest BCUT2D eigenvalue weighted by atomic mass is 9.87. The number of likely N-dealkylation sites (tertiary alicyclic amines) is 1. The maximum absolute atomic E-state index is 12.9. The molecule has 0 aromatic carbocycles. The smallest absolute Gasteiger partial charge is 0.233 e. The van der Waals surface area contributed by atoms with Gasteiger partial charge < -0.3 is 16.0 Å². The van der Waals surface area contributed by atoms with Crippen LogP contribution in [-0.4, -0.2) is 42.9 Å². The van der Waals surface area contributed by atoms with Crippen LogP contribution in [-0.2, 0) is 15.0 Å². The fraction of sp³-hybridized carbons (Fsp3) is 0.625. The lowest BCUT2D eigenvalue weighted by Crippen LogP contribution is -2.50. The van der Waals surface area contributed by atoms with Gasteiger partial charge in [-0.05, 0) is 38.1 Å². The van der Waals surface area contributed by atoms with Crippen LogP contribution in [0.1, 0.15) is 31.6 Å². The maximum Gasteiger partial charge on any atom is 0.233 e. The molecule has 1 saturated heterocycles. The van der Waals surface area contributed by atoms with Gasteiger partial charge in [-0.3, -0.25) is 9.59 Å². The molecular formula is C16H25N3O2S. The summed E-state index contributed by atoms with van der Waals surface area (Å²) in [7, 11) is 0. The molecule has 1 aliphatic rings. The predicted molar refractivity (Wildman–Crippen MR) is 88.7 cm³/mol. The Balaban J connectivity index is 2.02. The molecule has 1 aromatic rings. The number of thiophene rings is 1. The Labute approximate surface area is 135 Å². The quantitative estimate of drug-likeness (QED) is 0.858. The predicted octanol–water partition coefficient (Wildman–Crippen LogP) is 1.34. The highest BCUT2D eigenvalue weighted by Crippen LogP contribution is 2.31. The van der Waals surface area contributed by atoms with E-state index in [-0.39, 0.29) is 17.7 Å². The molecule has 1 aromatic heterocycles. The van der Waals surface area contributed by atoms with Crippen LogP contribution in [0.3, 0.4) is 0 Å². The molecule has 22 heavy (non-hydrogen) atoms. The molecule has 0 aliphatic carbocycles. The summed E-state index contributed by atoms with van der Waals surface area (Å²) in [4.78, 5) is 27.9. The van der Waals surface area contributed by atoms with Crippen LogP contribution in [0, 0.1) is 5.92 Å². The Hall–Kier alpha value is -1.40. The van der Waals surface area contributed by atoms with Gasteiger partial charge in [0.15, 0.2) is 0 Å². The van der Waals surface area contributed by atoms with Crippen LogP contribution in [0.2, 0.25) is 0 Å². The number of rotatable bonds is 5. The van der Waals surface area contributed by atoms with Gasteiger partial charge in [0.25, 0.3) is 0 Å². The summed E-state index contributed by atoms with van der Waals surface area (Å²) < 4.78 is 0. The van der Waals surface area contributed by atoms with E-state index < -0.39 is 5.41 Å². The second-order valence-electron chi connectivity index (χ2n) is 6.27. The lowest BCUT2D eigenvalue weighted by Gasteiger charge is -2.36. The van der Waals surface area contributed by atoms with E-state index in [1.165, 1.54) is 0 Å². The zero-order valence-electron chi connectivity index (χ0n) is 13.3. The van der Waals surface area contributed by atoms with Crippen molar-refractivity contribution in [3.05, 3.63) is 22.4 Å². The van der Waals surface area contributed by atoms with Crippen LogP contribution in [0.15, 0.2) is 17.5 Å². The first-order valence-electron chi connectivity index (χ1n) is 7.78. The van der Waals surface area contributed by atoms with Gasteiger partial charge in [0.2, 0.25) is 11.8 Å². The monoisotopic (exact) mass is 323 g/mol. The normalized spacial score (nSPS) is 19.0. The molecule has 0 saturated carbocycles. The van der Waals surface area contributed by atoms with Crippen LogP contribution in [0.4, 0.5) is 0 Å². The van der Waals surface area contributed by atoms with Crippen molar-refractivity contribution >= 4 is 23.2 Å². The van der Waals surface area contributed by atoms with E-state index in [1.54, 1.807) is 11.3 Å². The fourth-order valence-electron chi connectivity index (χ4n) is 2.85.